The molecule has 1 aromatic heterocycles. The van der Waals surface area contributed by atoms with Crippen molar-refractivity contribution in [2.24, 2.45) is 0 Å². The van der Waals surface area contributed by atoms with Gasteiger partial charge in [-0.2, -0.15) is 13.2 Å². The van der Waals surface area contributed by atoms with E-state index in [9.17, 15) is 22.8 Å². The van der Waals surface area contributed by atoms with Crippen LogP contribution in [0.4, 0.5) is 13.2 Å². The molecule has 0 aliphatic carbocycles. The molecule has 1 amide bonds. The molecule has 0 saturated heterocycles. The molecule has 0 bridgehead atoms. The van der Waals surface area contributed by atoms with Crippen molar-refractivity contribution in [2.75, 3.05) is 13.6 Å². The van der Waals surface area contributed by atoms with Gasteiger partial charge in [0, 0.05) is 32.1 Å². The fourth-order valence-corrected chi connectivity index (χ4v) is 1.45. The lowest BCUT2D eigenvalue weighted by molar-refractivity contribution is -0.136. The third kappa shape index (κ3) is 6.07. The number of rotatable bonds is 5. The van der Waals surface area contributed by atoms with E-state index in [0.29, 0.717) is 5.56 Å². The molecule has 0 radical (unpaired) electrons. The van der Waals surface area contributed by atoms with Crippen LogP contribution < -0.4 is 0 Å². The molecule has 1 N–H and O–H groups in total. The number of nitrogens with zero attached hydrogens (tertiary/aromatic N) is 2. The topological polar surface area (TPSA) is 70.5 Å². The fourth-order valence-electron chi connectivity index (χ4n) is 1.45. The van der Waals surface area contributed by atoms with Gasteiger partial charge in [-0.3, -0.25) is 9.78 Å². The lowest BCUT2D eigenvalue weighted by atomic mass is 10.1. The van der Waals surface area contributed by atoms with Gasteiger partial charge in [0.25, 0.3) is 5.91 Å². The number of hydrogen-bond acceptors (Lipinski definition) is 3. The van der Waals surface area contributed by atoms with Crippen molar-refractivity contribution in [3.8, 4) is 0 Å². The van der Waals surface area contributed by atoms with Crippen molar-refractivity contribution >= 4 is 18.0 Å². The Bertz CT molecular complexity index is 556. The number of aliphatic carboxylic acids is 1. The summed E-state index contributed by atoms with van der Waals surface area (Å²) in [5.41, 5.74) is 0.458. The second-order valence-corrected chi connectivity index (χ2v) is 4.27. The number of aromatic nitrogens is 1. The highest BCUT2D eigenvalue weighted by atomic mass is 19.4. The highest BCUT2D eigenvalue weighted by molar-refractivity contribution is 5.94. The maximum absolute atomic E-state index is 12.1. The van der Waals surface area contributed by atoms with Gasteiger partial charge in [-0.1, -0.05) is 0 Å². The van der Waals surface area contributed by atoms with Crippen LogP contribution in [0, 0.1) is 0 Å². The number of amides is 1. The molecule has 0 aromatic carbocycles. The molecule has 0 fully saturated rings. The van der Waals surface area contributed by atoms with Crippen LogP contribution in [0.2, 0.25) is 0 Å². The quantitative estimate of drug-likeness (QED) is 0.847. The van der Waals surface area contributed by atoms with Gasteiger partial charge in [0.1, 0.15) is 0 Å². The summed E-state index contributed by atoms with van der Waals surface area (Å²) < 4.78 is 36.3. The maximum atomic E-state index is 12.1. The Balaban J connectivity index is 2.78. The number of carboxylic acids is 1. The lowest BCUT2D eigenvalue weighted by Gasteiger charge is -2.18. The summed E-state index contributed by atoms with van der Waals surface area (Å²) in [6, 6.07) is 1.36. The van der Waals surface area contributed by atoms with Gasteiger partial charge in [-0.15, -0.1) is 0 Å². The van der Waals surface area contributed by atoms with E-state index in [1.54, 1.807) is 0 Å². The third-order valence-electron chi connectivity index (χ3n) is 2.50. The Hall–Kier alpha value is -2.38. The number of carbonyl (C=O) groups excluding carboxylic acids is 1. The summed E-state index contributed by atoms with van der Waals surface area (Å²) in [6.07, 6.45) is -0.767. The number of carbonyl (C=O) groups is 2. The van der Waals surface area contributed by atoms with Gasteiger partial charge in [-0.25, -0.2) is 4.79 Å². The second kappa shape index (κ2) is 6.87. The van der Waals surface area contributed by atoms with Crippen molar-refractivity contribution in [3.63, 3.8) is 0 Å². The zero-order chi connectivity index (χ0) is 16.0. The first-order chi connectivity index (χ1) is 9.69. The molecule has 8 heteroatoms. The number of hydrogen-bond donors (Lipinski definition) is 1. The number of carboxylic acid groups (broad SMARTS) is 1. The summed E-state index contributed by atoms with van der Waals surface area (Å²) in [5.74, 6) is -1.77. The number of alkyl halides is 3. The third-order valence-corrected chi connectivity index (χ3v) is 2.50. The van der Waals surface area contributed by atoms with Crippen LogP contribution in [0.5, 0.6) is 0 Å². The molecule has 0 aliphatic rings. The molecule has 5 nitrogen and oxygen atoms in total. The van der Waals surface area contributed by atoms with Crippen molar-refractivity contribution in [1.82, 2.24) is 9.88 Å². The van der Waals surface area contributed by atoms with Crippen LogP contribution >= 0.6 is 0 Å². The monoisotopic (exact) mass is 302 g/mol. The van der Waals surface area contributed by atoms with E-state index in [1.165, 1.54) is 31.6 Å². The van der Waals surface area contributed by atoms with E-state index in [4.69, 9.17) is 5.11 Å². The first-order valence-corrected chi connectivity index (χ1v) is 5.87. The summed E-state index contributed by atoms with van der Waals surface area (Å²) in [6.45, 7) is -0.461. The van der Waals surface area contributed by atoms with E-state index in [0.717, 1.165) is 11.0 Å². The average Bonchev–Trinajstić information content (AvgIpc) is 2.41. The molecule has 1 rings (SSSR count). The summed E-state index contributed by atoms with van der Waals surface area (Å²) in [5, 5.41) is 8.50. The van der Waals surface area contributed by atoms with Crippen LogP contribution in [0.1, 0.15) is 22.3 Å². The highest BCUT2D eigenvalue weighted by Gasteiger charge is 2.28. The van der Waals surface area contributed by atoms with Crippen molar-refractivity contribution in [3.05, 3.63) is 35.7 Å². The number of pyridine rings is 1. The second-order valence-electron chi connectivity index (χ2n) is 4.27. The lowest BCUT2D eigenvalue weighted by Crippen LogP contribution is -2.30. The molecule has 1 heterocycles. The molecule has 0 unspecified atom stereocenters. The average molecular weight is 302 g/mol. The van der Waals surface area contributed by atoms with E-state index < -0.39 is 31.0 Å². The zero-order valence-corrected chi connectivity index (χ0v) is 11.1. The van der Waals surface area contributed by atoms with Crippen LogP contribution in [-0.2, 0) is 4.79 Å². The van der Waals surface area contributed by atoms with Gasteiger partial charge in [0.05, 0.1) is 12.0 Å². The largest absolute Gasteiger partial charge is 0.478 e. The molecule has 0 aliphatic heterocycles. The number of halogens is 3. The predicted octanol–water partition coefficient (Wildman–Crippen LogP) is 2.20. The van der Waals surface area contributed by atoms with E-state index in [2.05, 4.69) is 4.98 Å². The van der Waals surface area contributed by atoms with Crippen LogP contribution in [0.3, 0.4) is 0 Å². The predicted molar refractivity (Wildman–Crippen MR) is 68.5 cm³/mol. The molecule has 114 valence electrons. The van der Waals surface area contributed by atoms with Crippen LogP contribution in [0.15, 0.2) is 24.5 Å². The van der Waals surface area contributed by atoms with Gasteiger partial charge >= 0.3 is 12.1 Å². The molecular weight excluding hydrogens is 289 g/mol. The summed E-state index contributed by atoms with van der Waals surface area (Å²) in [4.78, 5) is 27.0. The van der Waals surface area contributed by atoms with Crippen LogP contribution in [-0.4, -0.2) is 46.6 Å². The minimum Gasteiger partial charge on any atom is -0.478 e. The standard InChI is InChI=1S/C13H13F3N2O3/c1-18(5-4-13(14,15)16)12(21)10-6-9(7-17-8-10)2-3-11(19)20/h2-3,6-8H,4-5H2,1H3,(H,19,20). The smallest absolute Gasteiger partial charge is 0.390 e. The Morgan fingerprint density at radius 2 is 2.05 bits per heavy atom. The fraction of sp³-hybridized carbons (Fsp3) is 0.308. The SMILES string of the molecule is CN(CCC(F)(F)F)C(=O)c1cncc(C=CC(=O)O)c1. The Morgan fingerprint density at radius 1 is 1.38 bits per heavy atom. The highest BCUT2D eigenvalue weighted by Crippen LogP contribution is 2.20. The Morgan fingerprint density at radius 3 is 2.62 bits per heavy atom. The van der Waals surface area contributed by atoms with E-state index in [1.807, 2.05) is 0 Å². The normalized spacial score (nSPS) is 11.6. The van der Waals surface area contributed by atoms with Gasteiger partial charge in [0.2, 0.25) is 0 Å². The molecule has 0 saturated carbocycles. The summed E-state index contributed by atoms with van der Waals surface area (Å²) in [7, 11) is 1.26. The van der Waals surface area contributed by atoms with E-state index >= 15 is 0 Å². The molecule has 0 atom stereocenters. The van der Waals surface area contributed by atoms with Crippen LogP contribution in [0.25, 0.3) is 6.08 Å². The Kier molecular flexibility index (Phi) is 5.45. The van der Waals surface area contributed by atoms with Gasteiger partial charge in [-0.05, 0) is 17.7 Å². The first kappa shape index (κ1) is 16.7. The maximum Gasteiger partial charge on any atom is 0.390 e. The molecular formula is C13H13F3N2O3. The zero-order valence-electron chi connectivity index (χ0n) is 11.1. The minimum absolute atomic E-state index is 0.0900. The molecule has 1 aromatic rings. The molecule has 0 spiro atoms. The summed E-state index contributed by atoms with van der Waals surface area (Å²) >= 11 is 0. The van der Waals surface area contributed by atoms with E-state index in [-0.39, 0.29) is 5.56 Å². The minimum atomic E-state index is -4.33. The molecule has 21 heavy (non-hydrogen) atoms. The van der Waals surface area contributed by atoms with Gasteiger partial charge < -0.3 is 10.0 Å². The Labute approximate surface area is 118 Å². The van der Waals surface area contributed by atoms with Crippen molar-refractivity contribution < 1.29 is 27.9 Å². The first-order valence-electron chi connectivity index (χ1n) is 5.87. The van der Waals surface area contributed by atoms with Crippen molar-refractivity contribution in [2.45, 2.75) is 12.6 Å². The van der Waals surface area contributed by atoms with Crippen molar-refractivity contribution in [1.29, 1.82) is 0 Å². The van der Waals surface area contributed by atoms with Gasteiger partial charge in [0.15, 0.2) is 0 Å².